The zero-order valence-corrected chi connectivity index (χ0v) is 12.4. The van der Waals surface area contributed by atoms with Crippen LogP contribution in [0.3, 0.4) is 0 Å². The summed E-state index contributed by atoms with van der Waals surface area (Å²) < 4.78 is 1.09. The number of aromatic amines is 1. The fourth-order valence-electron chi connectivity index (χ4n) is 2.01. The number of aromatic hydroxyl groups is 1. The molecule has 0 aliphatic rings. The molecule has 2 aromatic rings. The summed E-state index contributed by atoms with van der Waals surface area (Å²) in [6.45, 7) is 0.315. The SMILES string of the molecule is O=c1[nH]c(=O)n(CCc2ccccc2)c(O)c1C=NNCCO. The Hall–Kier alpha value is -2.87. The number of rotatable bonds is 7. The first kappa shape index (κ1) is 16.5. The van der Waals surface area contributed by atoms with E-state index in [0.717, 1.165) is 16.3 Å². The summed E-state index contributed by atoms with van der Waals surface area (Å²) in [6, 6.07) is 9.48. The van der Waals surface area contributed by atoms with Crippen molar-refractivity contribution in [2.45, 2.75) is 13.0 Å². The van der Waals surface area contributed by atoms with Crippen molar-refractivity contribution in [2.24, 2.45) is 5.10 Å². The lowest BCUT2D eigenvalue weighted by Gasteiger charge is -2.09. The summed E-state index contributed by atoms with van der Waals surface area (Å²) in [5, 5.41) is 22.5. The number of benzene rings is 1. The van der Waals surface area contributed by atoms with Crippen molar-refractivity contribution in [3.05, 3.63) is 62.3 Å². The van der Waals surface area contributed by atoms with Crippen molar-refractivity contribution in [3.63, 3.8) is 0 Å². The molecular formula is C15H18N4O4. The molecule has 0 amide bonds. The molecule has 0 saturated heterocycles. The molecule has 0 aliphatic carbocycles. The number of aliphatic hydroxyl groups is 1. The van der Waals surface area contributed by atoms with Crippen molar-refractivity contribution in [2.75, 3.05) is 13.2 Å². The van der Waals surface area contributed by atoms with Crippen LogP contribution in [0.5, 0.6) is 5.88 Å². The Morgan fingerprint density at radius 3 is 2.70 bits per heavy atom. The van der Waals surface area contributed by atoms with Gasteiger partial charge in [-0.05, 0) is 12.0 Å². The zero-order valence-electron chi connectivity index (χ0n) is 12.4. The number of aliphatic hydroxyl groups excluding tert-OH is 1. The highest BCUT2D eigenvalue weighted by Gasteiger charge is 2.12. The molecule has 2 rings (SSSR count). The number of nitrogens with zero attached hydrogens (tertiary/aromatic N) is 2. The maximum atomic E-state index is 11.9. The molecule has 1 heterocycles. The van der Waals surface area contributed by atoms with Crippen LogP contribution < -0.4 is 16.7 Å². The smallest absolute Gasteiger partial charge is 0.331 e. The average Bonchev–Trinajstić information content (AvgIpc) is 2.54. The maximum Gasteiger partial charge on any atom is 0.331 e. The van der Waals surface area contributed by atoms with E-state index < -0.39 is 17.1 Å². The van der Waals surface area contributed by atoms with E-state index in [1.807, 2.05) is 30.3 Å². The van der Waals surface area contributed by atoms with Gasteiger partial charge in [0.1, 0.15) is 5.56 Å². The fourth-order valence-corrected chi connectivity index (χ4v) is 2.01. The number of hydrogen-bond acceptors (Lipinski definition) is 6. The Kier molecular flexibility index (Phi) is 5.70. The second kappa shape index (κ2) is 7.95. The third-order valence-electron chi connectivity index (χ3n) is 3.18. The van der Waals surface area contributed by atoms with Crippen LogP contribution in [0.15, 0.2) is 45.0 Å². The molecule has 0 unspecified atom stereocenters. The molecule has 122 valence electrons. The molecule has 0 fully saturated rings. The van der Waals surface area contributed by atoms with Gasteiger partial charge >= 0.3 is 5.69 Å². The Bertz CT molecular complexity index is 780. The third-order valence-corrected chi connectivity index (χ3v) is 3.18. The largest absolute Gasteiger partial charge is 0.494 e. The highest BCUT2D eigenvalue weighted by Crippen LogP contribution is 2.09. The Labute approximate surface area is 131 Å². The van der Waals surface area contributed by atoms with E-state index in [-0.39, 0.29) is 25.3 Å². The Morgan fingerprint density at radius 2 is 2.00 bits per heavy atom. The molecule has 0 saturated carbocycles. The van der Waals surface area contributed by atoms with Crippen LogP contribution in [0.4, 0.5) is 0 Å². The molecule has 1 aromatic carbocycles. The molecule has 0 aliphatic heterocycles. The maximum absolute atomic E-state index is 11.9. The zero-order chi connectivity index (χ0) is 16.7. The highest BCUT2D eigenvalue weighted by atomic mass is 16.3. The van der Waals surface area contributed by atoms with Crippen LogP contribution in [0.2, 0.25) is 0 Å². The highest BCUT2D eigenvalue weighted by molar-refractivity contribution is 5.81. The van der Waals surface area contributed by atoms with E-state index in [9.17, 15) is 14.7 Å². The van der Waals surface area contributed by atoms with Gasteiger partial charge in [0, 0.05) is 6.54 Å². The predicted molar refractivity (Wildman–Crippen MR) is 85.8 cm³/mol. The van der Waals surface area contributed by atoms with E-state index in [1.54, 1.807) is 0 Å². The van der Waals surface area contributed by atoms with Gasteiger partial charge in [0.25, 0.3) is 5.56 Å². The van der Waals surface area contributed by atoms with Crippen LogP contribution in [0.1, 0.15) is 11.1 Å². The second-order valence-corrected chi connectivity index (χ2v) is 4.77. The quantitative estimate of drug-likeness (QED) is 0.309. The van der Waals surface area contributed by atoms with Gasteiger partial charge in [0.2, 0.25) is 5.88 Å². The normalized spacial score (nSPS) is 11.0. The molecule has 23 heavy (non-hydrogen) atoms. The molecule has 0 spiro atoms. The molecule has 0 radical (unpaired) electrons. The number of nitrogens with one attached hydrogen (secondary N) is 2. The van der Waals surface area contributed by atoms with Crippen molar-refractivity contribution in [1.29, 1.82) is 0 Å². The van der Waals surface area contributed by atoms with Crippen molar-refractivity contribution >= 4 is 6.21 Å². The lowest BCUT2D eigenvalue weighted by molar-refractivity contribution is 0.294. The van der Waals surface area contributed by atoms with Crippen LogP contribution in [0.25, 0.3) is 0 Å². The number of aromatic nitrogens is 2. The van der Waals surface area contributed by atoms with Gasteiger partial charge in [0.15, 0.2) is 0 Å². The Morgan fingerprint density at radius 1 is 1.26 bits per heavy atom. The topological polar surface area (TPSA) is 120 Å². The van der Waals surface area contributed by atoms with Crippen LogP contribution in [-0.2, 0) is 13.0 Å². The predicted octanol–water partition coefficient (Wildman–Crippen LogP) is -0.599. The first-order chi connectivity index (χ1) is 11.1. The van der Waals surface area contributed by atoms with Gasteiger partial charge < -0.3 is 15.6 Å². The van der Waals surface area contributed by atoms with Crippen molar-refractivity contribution in [1.82, 2.24) is 15.0 Å². The van der Waals surface area contributed by atoms with Crippen LogP contribution >= 0.6 is 0 Å². The minimum atomic E-state index is -0.724. The van der Waals surface area contributed by atoms with Crippen LogP contribution in [-0.4, -0.2) is 39.1 Å². The first-order valence-electron chi connectivity index (χ1n) is 7.10. The van der Waals surface area contributed by atoms with Gasteiger partial charge in [0.05, 0.1) is 19.4 Å². The summed E-state index contributed by atoms with van der Waals surface area (Å²) in [7, 11) is 0. The lowest BCUT2D eigenvalue weighted by atomic mass is 10.1. The molecule has 0 bridgehead atoms. The molecule has 8 nitrogen and oxygen atoms in total. The van der Waals surface area contributed by atoms with E-state index >= 15 is 0 Å². The number of hydrogen-bond donors (Lipinski definition) is 4. The fraction of sp³-hybridized carbons (Fsp3) is 0.267. The van der Waals surface area contributed by atoms with Gasteiger partial charge in [-0.15, -0.1) is 0 Å². The molecule has 1 aromatic heterocycles. The molecule has 0 atom stereocenters. The Balaban J connectivity index is 2.24. The molecule has 8 heteroatoms. The third kappa shape index (κ3) is 4.30. The number of aryl methyl sites for hydroxylation is 1. The summed E-state index contributed by atoms with van der Waals surface area (Å²) in [4.78, 5) is 25.8. The summed E-state index contributed by atoms with van der Waals surface area (Å²) >= 11 is 0. The van der Waals surface area contributed by atoms with Gasteiger partial charge in [-0.3, -0.25) is 14.3 Å². The number of hydrazone groups is 1. The van der Waals surface area contributed by atoms with Crippen molar-refractivity contribution in [3.8, 4) is 5.88 Å². The lowest BCUT2D eigenvalue weighted by Crippen LogP contribution is -2.33. The van der Waals surface area contributed by atoms with Gasteiger partial charge in [-0.2, -0.15) is 5.10 Å². The number of H-pyrrole nitrogens is 1. The molecule has 4 N–H and O–H groups in total. The standard InChI is InChI=1S/C15H18N4O4/c20-9-7-16-17-10-12-13(21)18-15(23)19(14(12)22)8-6-11-4-2-1-3-5-11/h1-5,10,16,20,22H,6-9H2,(H,18,21,23). The second-order valence-electron chi connectivity index (χ2n) is 4.77. The molecular weight excluding hydrogens is 300 g/mol. The summed E-state index contributed by atoms with van der Waals surface area (Å²) in [5.41, 5.74) is 1.98. The monoisotopic (exact) mass is 318 g/mol. The first-order valence-corrected chi connectivity index (χ1v) is 7.10. The van der Waals surface area contributed by atoms with Gasteiger partial charge in [-0.1, -0.05) is 30.3 Å². The van der Waals surface area contributed by atoms with E-state index in [4.69, 9.17) is 5.11 Å². The van der Waals surface area contributed by atoms with Crippen molar-refractivity contribution < 1.29 is 10.2 Å². The van der Waals surface area contributed by atoms with E-state index in [2.05, 4.69) is 15.5 Å². The minimum absolute atomic E-state index is 0.115. The summed E-state index contributed by atoms with van der Waals surface area (Å²) in [6.07, 6.45) is 1.64. The minimum Gasteiger partial charge on any atom is -0.494 e. The van der Waals surface area contributed by atoms with E-state index in [0.29, 0.717) is 6.42 Å². The van der Waals surface area contributed by atoms with Crippen LogP contribution in [0, 0.1) is 0 Å². The van der Waals surface area contributed by atoms with E-state index in [1.165, 1.54) is 0 Å². The summed E-state index contributed by atoms with van der Waals surface area (Å²) in [5.74, 6) is -0.441. The van der Waals surface area contributed by atoms with Gasteiger partial charge in [-0.25, -0.2) is 4.79 Å². The average molecular weight is 318 g/mol.